The van der Waals surface area contributed by atoms with E-state index in [2.05, 4.69) is 54.3 Å². The molecule has 2 aliphatic heterocycles. The van der Waals surface area contributed by atoms with Crippen molar-refractivity contribution in [2.75, 3.05) is 20.3 Å². The zero-order chi connectivity index (χ0) is 25.1. The minimum Gasteiger partial charge on any atom is -0.405 e. The van der Waals surface area contributed by atoms with Crippen molar-refractivity contribution < 1.29 is 0 Å². The Kier molecular flexibility index (Phi) is 11.2. The van der Waals surface area contributed by atoms with E-state index in [1.165, 1.54) is 6.20 Å². The van der Waals surface area contributed by atoms with E-state index in [9.17, 15) is 0 Å². The second-order valence-electron chi connectivity index (χ2n) is 9.11. The highest BCUT2D eigenvalue weighted by molar-refractivity contribution is 7.80. The number of nitrogens with zero attached hydrogens (tertiary/aromatic N) is 3. The van der Waals surface area contributed by atoms with Crippen molar-refractivity contribution >= 4 is 28.5 Å². The van der Waals surface area contributed by atoms with Gasteiger partial charge >= 0.3 is 0 Å². The second kappa shape index (κ2) is 13.8. The summed E-state index contributed by atoms with van der Waals surface area (Å²) in [6.45, 7) is 14.3. The number of nitrogens with two attached hydrogens (primary N) is 1. The predicted octanol–water partition coefficient (Wildman–Crippen LogP) is 5.11. The molecule has 0 saturated carbocycles. The van der Waals surface area contributed by atoms with Crippen LogP contribution < -0.4 is 16.4 Å². The van der Waals surface area contributed by atoms with Crippen LogP contribution in [0.1, 0.15) is 53.4 Å². The summed E-state index contributed by atoms with van der Waals surface area (Å²) in [5.74, 6) is 1.47. The molecule has 0 aromatic rings. The molecule has 2 aliphatic rings. The fourth-order valence-corrected chi connectivity index (χ4v) is 3.93. The molecule has 34 heavy (non-hydrogen) atoms. The summed E-state index contributed by atoms with van der Waals surface area (Å²) in [4.78, 5) is 12.5. The summed E-state index contributed by atoms with van der Waals surface area (Å²) >= 11 is 5.25. The van der Waals surface area contributed by atoms with Crippen molar-refractivity contribution in [3.63, 3.8) is 0 Å². The molecule has 7 heteroatoms. The van der Waals surface area contributed by atoms with Gasteiger partial charge in [0.2, 0.25) is 0 Å². The monoisotopic (exact) mass is 480 g/mol. The molecule has 0 bridgehead atoms. The number of hydrogen-bond acceptors (Lipinski definition) is 7. The van der Waals surface area contributed by atoms with Crippen LogP contribution in [0.15, 0.2) is 81.6 Å². The third kappa shape index (κ3) is 9.23. The van der Waals surface area contributed by atoms with Gasteiger partial charge in [-0.15, -0.1) is 0 Å². The van der Waals surface area contributed by atoms with E-state index >= 15 is 0 Å². The van der Waals surface area contributed by atoms with Crippen LogP contribution in [0.5, 0.6) is 0 Å². The first kappa shape index (κ1) is 27.5. The van der Waals surface area contributed by atoms with E-state index in [4.69, 9.17) is 27.9 Å². The van der Waals surface area contributed by atoms with Gasteiger partial charge in [-0.1, -0.05) is 31.8 Å². The van der Waals surface area contributed by atoms with Gasteiger partial charge in [-0.25, -0.2) is 4.99 Å². The molecule has 0 fully saturated rings. The van der Waals surface area contributed by atoms with E-state index in [0.717, 1.165) is 83.7 Å². The van der Waals surface area contributed by atoms with Crippen LogP contribution in [0.25, 0.3) is 0 Å². The average Bonchev–Trinajstić information content (AvgIpc) is 3.25. The molecular weight excluding hydrogens is 440 g/mol. The van der Waals surface area contributed by atoms with Gasteiger partial charge in [0.15, 0.2) is 0 Å². The van der Waals surface area contributed by atoms with Crippen molar-refractivity contribution in [3.8, 4) is 0 Å². The maximum absolute atomic E-state index is 5.63. The Morgan fingerprint density at radius 2 is 2.12 bits per heavy atom. The van der Waals surface area contributed by atoms with Gasteiger partial charge in [0.25, 0.3) is 0 Å². The summed E-state index contributed by atoms with van der Waals surface area (Å²) in [6, 6.07) is 0. The lowest BCUT2D eigenvalue weighted by Crippen LogP contribution is -2.31. The van der Waals surface area contributed by atoms with Crippen LogP contribution in [0.2, 0.25) is 0 Å². The van der Waals surface area contributed by atoms with E-state index in [1.807, 2.05) is 32.9 Å². The van der Waals surface area contributed by atoms with Gasteiger partial charge < -0.3 is 16.0 Å². The van der Waals surface area contributed by atoms with Crippen molar-refractivity contribution in [1.29, 1.82) is 0 Å². The Balaban J connectivity index is 2.29. The molecule has 1 atom stereocenters. The maximum atomic E-state index is 5.63. The lowest BCUT2D eigenvalue weighted by Gasteiger charge is -2.22. The molecule has 2 rings (SSSR count). The molecule has 6 nitrogen and oxygen atoms in total. The first-order valence-corrected chi connectivity index (χ1v) is 12.3. The molecule has 0 saturated heterocycles. The zero-order valence-electron chi connectivity index (χ0n) is 21.3. The normalized spacial score (nSPS) is 23.5. The van der Waals surface area contributed by atoms with E-state index in [-0.39, 0.29) is 0 Å². The molecule has 0 aliphatic carbocycles. The molecule has 0 spiro atoms. The van der Waals surface area contributed by atoms with Gasteiger partial charge in [-0.05, 0) is 88.6 Å². The molecule has 2 heterocycles. The first-order valence-electron chi connectivity index (χ1n) is 11.9. The molecule has 0 aromatic heterocycles. The van der Waals surface area contributed by atoms with Crippen LogP contribution in [-0.4, -0.2) is 41.4 Å². The van der Waals surface area contributed by atoms with E-state index in [1.54, 1.807) is 0 Å². The third-order valence-corrected chi connectivity index (χ3v) is 5.58. The topological polar surface area (TPSA) is 78.0 Å². The fourth-order valence-electron chi connectivity index (χ4n) is 3.81. The predicted molar refractivity (Wildman–Crippen MR) is 151 cm³/mol. The molecule has 0 radical (unpaired) electrons. The average molecular weight is 481 g/mol. The summed E-state index contributed by atoms with van der Waals surface area (Å²) in [7, 11) is 2.06. The van der Waals surface area contributed by atoms with Gasteiger partial charge in [-0.2, -0.15) is 0 Å². The number of hydrogen-bond donors (Lipinski definition) is 3. The Morgan fingerprint density at radius 3 is 2.79 bits per heavy atom. The van der Waals surface area contributed by atoms with E-state index in [0.29, 0.717) is 5.92 Å². The third-order valence-electron chi connectivity index (χ3n) is 5.46. The fraction of sp³-hybridized carbons (Fsp3) is 0.444. The number of aliphatic imine (C=N–C) groups is 2. The van der Waals surface area contributed by atoms with Gasteiger partial charge in [0, 0.05) is 29.7 Å². The van der Waals surface area contributed by atoms with E-state index < -0.39 is 0 Å². The van der Waals surface area contributed by atoms with Crippen molar-refractivity contribution in [2.45, 2.75) is 53.4 Å². The minimum atomic E-state index is 0.546. The lowest BCUT2D eigenvalue weighted by atomic mass is 9.99. The van der Waals surface area contributed by atoms with Crippen molar-refractivity contribution in [2.24, 2.45) is 21.6 Å². The summed E-state index contributed by atoms with van der Waals surface area (Å²) < 4.78 is 0. The Bertz CT molecular complexity index is 973. The van der Waals surface area contributed by atoms with Crippen LogP contribution >= 0.6 is 12.2 Å². The highest BCUT2D eigenvalue weighted by Crippen LogP contribution is 2.23. The minimum absolute atomic E-state index is 0.546. The van der Waals surface area contributed by atoms with Crippen LogP contribution in [0.3, 0.4) is 0 Å². The quantitative estimate of drug-likeness (QED) is 0.204. The molecule has 4 N–H and O–H groups in total. The van der Waals surface area contributed by atoms with Gasteiger partial charge in [-0.3, -0.25) is 10.3 Å². The van der Waals surface area contributed by atoms with Crippen LogP contribution in [0.4, 0.5) is 0 Å². The molecule has 184 valence electrons. The highest BCUT2D eigenvalue weighted by Gasteiger charge is 2.16. The van der Waals surface area contributed by atoms with Gasteiger partial charge in [0.05, 0.1) is 23.8 Å². The number of allylic oxidation sites excluding steroid dienone is 7. The summed E-state index contributed by atoms with van der Waals surface area (Å²) in [6.07, 6.45) is 15.5. The number of rotatable bonds is 7. The highest BCUT2D eigenvalue weighted by atomic mass is 32.1. The molecule has 0 aromatic carbocycles. The largest absolute Gasteiger partial charge is 0.405 e. The smallest absolute Gasteiger partial charge is 0.129 e. The summed E-state index contributed by atoms with van der Waals surface area (Å²) in [5.41, 5.74) is 11.3. The van der Waals surface area contributed by atoms with Crippen molar-refractivity contribution in [3.05, 3.63) is 71.6 Å². The number of thiocarbonyl (C=S) groups is 1. The lowest BCUT2D eigenvalue weighted by molar-refractivity contribution is 0.364. The SMILES string of the molecule is C=C(N/C1=C/C=C(/N=C(C)C)N(C)CNCCCC(C)C1)C1=CCC(C(C=CN)=CC(C)=S)=N1. The van der Waals surface area contributed by atoms with Crippen LogP contribution in [-0.2, 0) is 0 Å². The molecule has 1 unspecified atom stereocenters. The van der Waals surface area contributed by atoms with Crippen LogP contribution in [0, 0.1) is 5.92 Å². The first-order chi connectivity index (χ1) is 16.2. The Hall–Kier alpha value is -2.77. The molecular formula is C27H40N6S. The van der Waals surface area contributed by atoms with Gasteiger partial charge in [0.1, 0.15) is 5.82 Å². The van der Waals surface area contributed by atoms with Crippen molar-refractivity contribution in [1.82, 2.24) is 15.5 Å². The molecule has 0 amide bonds. The Labute approximate surface area is 210 Å². The zero-order valence-corrected chi connectivity index (χ0v) is 22.1. The second-order valence-corrected chi connectivity index (χ2v) is 9.75. The number of nitrogens with one attached hydrogen (secondary N) is 2. The Morgan fingerprint density at radius 1 is 1.35 bits per heavy atom. The maximum Gasteiger partial charge on any atom is 0.129 e. The standard InChI is InChI=1S/C27H40N6S/c1-19(2)30-27-12-9-24(16-20(3)8-7-15-29-18-33(27)6)31-22(5)25-10-11-26(32-25)23(13-14-28)17-21(4)34/h9-10,12-14,17,20,29,31H,5,7-8,11,15-16,18,28H2,1-4,6H3/b14-13?,23-17?,24-9+,27-12-. The summed E-state index contributed by atoms with van der Waals surface area (Å²) in [5, 5.41) is 7.05.